The fourth-order valence-corrected chi connectivity index (χ4v) is 2.12. The molecule has 0 amide bonds. The van der Waals surface area contributed by atoms with Gasteiger partial charge >= 0.3 is 0 Å². The second kappa shape index (κ2) is 7.32. The summed E-state index contributed by atoms with van der Waals surface area (Å²) in [5.41, 5.74) is 2.56. The van der Waals surface area contributed by atoms with Crippen LogP contribution in [0.1, 0.15) is 24.5 Å². The van der Waals surface area contributed by atoms with Crippen molar-refractivity contribution in [2.24, 2.45) is 0 Å². The molecule has 0 bridgehead atoms. The van der Waals surface area contributed by atoms with Gasteiger partial charge in [0, 0.05) is 17.1 Å². The first-order chi connectivity index (χ1) is 10.1. The molecule has 0 fully saturated rings. The fourth-order valence-electron chi connectivity index (χ4n) is 1.96. The smallest absolute Gasteiger partial charge is 0.142 e. The van der Waals surface area contributed by atoms with Crippen LogP contribution in [0.3, 0.4) is 0 Å². The van der Waals surface area contributed by atoms with E-state index in [9.17, 15) is 4.39 Å². The highest BCUT2D eigenvalue weighted by Gasteiger charge is 2.07. The Balaban J connectivity index is 2.11. The van der Waals surface area contributed by atoms with Gasteiger partial charge in [0.15, 0.2) is 0 Å². The molecule has 0 unspecified atom stereocenters. The van der Waals surface area contributed by atoms with Gasteiger partial charge in [-0.25, -0.2) is 4.39 Å². The molecule has 0 atom stereocenters. The van der Waals surface area contributed by atoms with E-state index in [2.05, 4.69) is 12.2 Å². The highest BCUT2D eigenvalue weighted by atomic mass is 35.5. The molecular weight excluding hydrogens is 289 g/mol. The van der Waals surface area contributed by atoms with Gasteiger partial charge in [-0.1, -0.05) is 30.7 Å². The minimum absolute atomic E-state index is 0.307. The molecule has 1 N–H and O–H groups in total. The number of halogens is 2. The summed E-state index contributed by atoms with van der Waals surface area (Å²) in [5.74, 6) is 0.490. The number of rotatable bonds is 6. The summed E-state index contributed by atoms with van der Waals surface area (Å²) >= 11 is 5.75. The van der Waals surface area contributed by atoms with Crippen molar-refractivity contribution < 1.29 is 9.13 Å². The van der Waals surface area contributed by atoms with Crippen LogP contribution in [0, 0.1) is 12.7 Å². The first-order valence-electron chi connectivity index (χ1n) is 7.01. The van der Waals surface area contributed by atoms with Crippen molar-refractivity contribution in [3.8, 4) is 5.75 Å². The Morgan fingerprint density at radius 1 is 1.19 bits per heavy atom. The van der Waals surface area contributed by atoms with Crippen molar-refractivity contribution in [1.29, 1.82) is 0 Å². The number of anilines is 1. The lowest BCUT2D eigenvalue weighted by molar-refractivity contribution is 0.318. The number of aryl methyl sites for hydroxylation is 1. The fraction of sp³-hybridized carbons (Fsp3) is 0.294. The summed E-state index contributed by atoms with van der Waals surface area (Å²) in [4.78, 5) is 0. The minimum atomic E-state index is -0.307. The van der Waals surface area contributed by atoms with Crippen molar-refractivity contribution in [2.45, 2.75) is 26.8 Å². The maximum absolute atomic E-state index is 13.8. The zero-order valence-corrected chi connectivity index (χ0v) is 13.0. The molecule has 112 valence electrons. The number of benzene rings is 2. The molecular formula is C17H19ClFNO. The number of ether oxygens (including phenoxy) is 1. The molecule has 0 saturated heterocycles. The molecule has 0 heterocycles. The summed E-state index contributed by atoms with van der Waals surface area (Å²) in [5, 5.41) is 3.62. The van der Waals surface area contributed by atoms with Crippen LogP contribution in [-0.4, -0.2) is 6.61 Å². The number of hydrogen-bond donors (Lipinski definition) is 1. The molecule has 0 saturated carbocycles. The highest BCUT2D eigenvalue weighted by Crippen LogP contribution is 2.27. The Hall–Kier alpha value is -1.74. The largest absolute Gasteiger partial charge is 0.491 e. The van der Waals surface area contributed by atoms with E-state index in [1.807, 2.05) is 25.1 Å². The van der Waals surface area contributed by atoms with Gasteiger partial charge in [-0.15, -0.1) is 0 Å². The summed E-state index contributed by atoms with van der Waals surface area (Å²) < 4.78 is 19.5. The molecule has 2 aromatic carbocycles. The molecule has 0 aromatic heterocycles. The van der Waals surface area contributed by atoms with Crippen LogP contribution < -0.4 is 10.1 Å². The Morgan fingerprint density at radius 3 is 2.71 bits per heavy atom. The topological polar surface area (TPSA) is 21.3 Å². The van der Waals surface area contributed by atoms with E-state index in [1.54, 1.807) is 12.1 Å². The van der Waals surface area contributed by atoms with Gasteiger partial charge in [0.25, 0.3) is 0 Å². The van der Waals surface area contributed by atoms with Crippen LogP contribution >= 0.6 is 11.6 Å². The molecule has 2 rings (SSSR count). The Morgan fingerprint density at radius 2 is 2.00 bits per heavy atom. The van der Waals surface area contributed by atoms with E-state index in [-0.39, 0.29) is 5.82 Å². The molecule has 2 nitrogen and oxygen atoms in total. The van der Waals surface area contributed by atoms with Crippen LogP contribution in [0.2, 0.25) is 5.02 Å². The van der Waals surface area contributed by atoms with Crippen molar-refractivity contribution >= 4 is 17.3 Å². The standard InChI is InChI=1S/C17H19ClFNO/c1-3-8-21-17-9-12(2)4-7-16(17)20-11-13-5-6-14(18)10-15(13)19/h4-7,9-10,20H,3,8,11H2,1-2H3. The average Bonchev–Trinajstić information content (AvgIpc) is 2.45. The summed E-state index contributed by atoms with van der Waals surface area (Å²) in [6.45, 7) is 5.12. The predicted octanol–water partition coefficient (Wildman–Crippen LogP) is 5.19. The van der Waals surface area contributed by atoms with Crippen LogP contribution in [-0.2, 0) is 6.54 Å². The lowest BCUT2D eigenvalue weighted by atomic mass is 10.2. The molecule has 2 aromatic rings. The van der Waals surface area contributed by atoms with Gasteiger partial charge in [0.2, 0.25) is 0 Å². The number of hydrogen-bond acceptors (Lipinski definition) is 2. The van der Waals surface area contributed by atoms with E-state index in [0.717, 1.165) is 23.4 Å². The van der Waals surface area contributed by atoms with E-state index in [4.69, 9.17) is 16.3 Å². The first-order valence-corrected chi connectivity index (χ1v) is 7.39. The molecule has 0 aliphatic heterocycles. The molecule has 0 aliphatic rings. The molecule has 4 heteroatoms. The molecule has 0 spiro atoms. The van der Waals surface area contributed by atoms with Gasteiger partial charge < -0.3 is 10.1 Å². The molecule has 21 heavy (non-hydrogen) atoms. The summed E-state index contributed by atoms with van der Waals surface area (Å²) in [6.07, 6.45) is 0.944. The van der Waals surface area contributed by atoms with E-state index < -0.39 is 0 Å². The average molecular weight is 308 g/mol. The summed E-state index contributed by atoms with van der Waals surface area (Å²) in [6, 6.07) is 10.6. The van der Waals surface area contributed by atoms with Crippen molar-refractivity contribution in [3.05, 3.63) is 58.4 Å². The zero-order chi connectivity index (χ0) is 15.2. The predicted molar refractivity (Wildman–Crippen MR) is 85.7 cm³/mol. The zero-order valence-electron chi connectivity index (χ0n) is 12.2. The van der Waals surface area contributed by atoms with Crippen LogP contribution in [0.25, 0.3) is 0 Å². The second-order valence-corrected chi connectivity index (χ2v) is 5.37. The SMILES string of the molecule is CCCOc1cc(C)ccc1NCc1ccc(Cl)cc1F. The van der Waals surface area contributed by atoms with Gasteiger partial charge in [-0.2, -0.15) is 0 Å². The quantitative estimate of drug-likeness (QED) is 0.793. The van der Waals surface area contributed by atoms with E-state index in [0.29, 0.717) is 23.7 Å². The number of nitrogens with one attached hydrogen (secondary N) is 1. The van der Waals surface area contributed by atoms with Gasteiger partial charge in [0.1, 0.15) is 11.6 Å². The van der Waals surface area contributed by atoms with Crippen LogP contribution in [0.5, 0.6) is 5.75 Å². The van der Waals surface area contributed by atoms with Crippen LogP contribution in [0.15, 0.2) is 36.4 Å². The maximum Gasteiger partial charge on any atom is 0.142 e. The third kappa shape index (κ3) is 4.36. The van der Waals surface area contributed by atoms with E-state index >= 15 is 0 Å². The van der Waals surface area contributed by atoms with E-state index in [1.165, 1.54) is 6.07 Å². The van der Waals surface area contributed by atoms with Gasteiger partial charge in [-0.3, -0.25) is 0 Å². The van der Waals surface area contributed by atoms with Crippen LogP contribution in [0.4, 0.5) is 10.1 Å². The third-order valence-corrected chi connectivity index (χ3v) is 3.32. The monoisotopic (exact) mass is 307 g/mol. The van der Waals surface area contributed by atoms with Gasteiger partial charge in [0.05, 0.1) is 12.3 Å². The lowest BCUT2D eigenvalue weighted by Crippen LogP contribution is -2.05. The second-order valence-electron chi connectivity index (χ2n) is 4.94. The Bertz CT molecular complexity index is 616. The third-order valence-electron chi connectivity index (χ3n) is 3.08. The molecule has 0 radical (unpaired) electrons. The van der Waals surface area contributed by atoms with Crippen molar-refractivity contribution in [2.75, 3.05) is 11.9 Å². The van der Waals surface area contributed by atoms with Crippen molar-refractivity contribution in [3.63, 3.8) is 0 Å². The minimum Gasteiger partial charge on any atom is -0.491 e. The van der Waals surface area contributed by atoms with Crippen molar-refractivity contribution in [1.82, 2.24) is 0 Å². The first kappa shape index (κ1) is 15.6. The van der Waals surface area contributed by atoms with Gasteiger partial charge in [-0.05, 0) is 43.2 Å². The normalized spacial score (nSPS) is 10.5. The maximum atomic E-state index is 13.8. The lowest BCUT2D eigenvalue weighted by Gasteiger charge is -2.14. The Kier molecular flexibility index (Phi) is 5.45. The Labute approximate surface area is 129 Å². The summed E-state index contributed by atoms with van der Waals surface area (Å²) in [7, 11) is 0. The highest BCUT2D eigenvalue weighted by molar-refractivity contribution is 6.30. The molecule has 0 aliphatic carbocycles.